The molecule has 150 valence electrons. The number of hydrogen-bond donors (Lipinski definition) is 2. The second-order valence-electron chi connectivity index (χ2n) is 7.12. The van der Waals surface area contributed by atoms with E-state index in [4.69, 9.17) is 16.3 Å². The van der Waals surface area contributed by atoms with E-state index >= 15 is 0 Å². The minimum atomic E-state index is -0.394. The molecule has 6 nitrogen and oxygen atoms in total. The number of nitrogens with zero attached hydrogens (tertiary/aromatic N) is 1. The van der Waals surface area contributed by atoms with Crippen LogP contribution < -0.4 is 15.0 Å². The standard InChI is InChI=1S/C22H22ClN3O3/c1-29-20-7-6-16(23)11-19(20)26-13-15(10-21(26)27)22(28)24-9-8-14-12-25-18-5-3-2-4-17(14)18/h2-7,11-12,15,25H,8-10,13H2,1H3,(H,24,28)/t15-/m0/s1. The molecule has 0 saturated carbocycles. The second-order valence-corrected chi connectivity index (χ2v) is 7.56. The smallest absolute Gasteiger partial charge is 0.227 e. The number of nitrogens with one attached hydrogen (secondary N) is 2. The molecule has 0 unspecified atom stereocenters. The van der Waals surface area contributed by atoms with Gasteiger partial charge < -0.3 is 19.9 Å². The molecule has 2 aromatic carbocycles. The van der Waals surface area contributed by atoms with Crippen LogP contribution in [0.2, 0.25) is 5.02 Å². The van der Waals surface area contributed by atoms with Gasteiger partial charge >= 0.3 is 0 Å². The Morgan fingerprint density at radius 3 is 2.97 bits per heavy atom. The van der Waals surface area contributed by atoms with Crippen LogP contribution in [0.15, 0.2) is 48.7 Å². The van der Waals surface area contributed by atoms with Crippen molar-refractivity contribution >= 4 is 40.0 Å². The van der Waals surface area contributed by atoms with Gasteiger partial charge in [-0.05, 0) is 36.2 Å². The monoisotopic (exact) mass is 411 g/mol. The molecule has 0 spiro atoms. The first-order chi connectivity index (χ1) is 14.1. The number of hydrogen-bond acceptors (Lipinski definition) is 3. The normalized spacial score (nSPS) is 16.4. The van der Waals surface area contributed by atoms with Gasteiger partial charge in [0.2, 0.25) is 11.8 Å². The summed E-state index contributed by atoms with van der Waals surface area (Å²) in [6.07, 6.45) is 2.87. The highest BCUT2D eigenvalue weighted by Gasteiger charge is 2.36. The van der Waals surface area contributed by atoms with Crippen molar-refractivity contribution in [3.05, 3.63) is 59.2 Å². The fourth-order valence-corrected chi connectivity index (χ4v) is 3.96. The van der Waals surface area contributed by atoms with Gasteiger partial charge in [-0.2, -0.15) is 0 Å². The molecule has 1 atom stereocenters. The molecule has 1 aliphatic rings. The molecule has 0 radical (unpaired) electrons. The van der Waals surface area contributed by atoms with Crippen molar-refractivity contribution in [1.82, 2.24) is 10.3 Å². The number of rotatable bonds is 6. The summed E-state index contributed by atoms with van der Waals surface area (Å²) in [5.74, 6) is -0.0543. The molecule has 1 fully saturated rings. The maximum Gasteiger partial charge on any atom is 0.227 e. The fourth-order valence-electron chi connectivity index (χ4n) is 3.79. The van der Waals surface area contributed by atoms with Gasteiger partial charge in [-0.25, -0.2) is 0 Å². The van der Waals surface area contributed by atoms with E-state index < -0.39 is 5.92 Å². The quantitative estimate of drug-likeness (QED) is 0.651. The average Bonchev–Trinajstić information content (AvgIpc) is 3.31. The van der Waals surface area contributed by atoms with Crippen LogP contribution in [0.25, 0.3) is 10.9 Å². The lowest BCUT2D eigenvalue weighted by atomic mass is 10.1. The van der Waals surface area contributed by atoms with Crippen molar-refractivity contribution in [2.45, 2.75) is 12.8 Å². The Morgan fingerprint density at radius 1 is 1.31 bits per heavy atom. The summed E-state index contributed by atoms with van der Waals surface area (Å²) >= 11 is 6.08. The zero-order valence-electron chi connectivity index (χ0n) is 16.1. The molecular weight excluding hydrogens is 390 g/mol. The topological polar surface area (TPSA) is 74.4 Å². The first-order valence-corrected chi connectivity index (χ1v) is 9.91. The number of H-pyrrole nitrogens is 1. The molecule has 7 heteroatoms. The minimum Gasteiger partial charge on any atom is -0.495 e. The summed E-state index contributed by atoms with van der Waals surface area (Å²) < 4.78 is 5.34. The first kappa shape index (κ1) is 19.3. The van der Waals surface area contributed by atoms with E-state index in [0.717, 1.165) is 22.9 Å². The number of carbonyl (C=O) groups excluding carboxylic acids is 2. The molecule has 0 bridgehead atoms. The largest absolute Gasteiger partial charge is 0.495 e. The van der Waals surface area contributed by atoms with Crippen LogP contribution in [0.4, 0.5) is 5.69 Å². The van der Waals surface area contributed by atoms with Crippen molar-refractivity contribution in [2.24, 2.45) is 5.92 Å². The molecule has 2 N–H and O–H groups in total. The molecular formula is C22H22ClN3O3. The van der Waals surface area contributed by atoms with Crippen molar-refractivity contribution in [3.63, 3.8) is 0 Å². The Balaban J connectivity index is 1.38. The van der Waals surface area contributed by atoms with E-state index in [0.29, 0.717) is 29.5 Å². The number of ether oxygens (including phenoxy) is 1. The van der Waals surface area contributed by atoms with Gasteiger partial charge in [0.15, 0.2) is 0 Å². The third kappa shape index (κ3) is 3.93. The Bertz CT molecular complexity index is 1060. The summed E-state index contributed by atoms with van der Waals surface area (Å²) in [4.78, 5) is 30.0. The Hall–Kier alpha value is -2.99. The molecule has 1 aliphatic heterocycles. The maximum atomic E-state index is 12.6. The molecule has 1 saturated heterocycles. The zero-order valence-corrected chi connectivity index (χ0v) is 16.8. The van der Waals surface area contributed by atoms with Crippen LogP contribution in [0, 0.1) is 5.92 Å². The highest BCUT2D eigenvalue weighted by Crippen LogP contribution is 2.35. The molecule has 0 aliphatic carbocycles. The minimum absolute atomic E-state index is 0.109. The van der Waals surface area contributed by atoms with Gasteiger partial charge in [0.05, 0.1) is 18.7 Å². The molecule has 29 heavy (non-hydrogen) atoms. The SMILES string of the molecule is COc1ccc(Cl)cc1N1C[C@@H](C(=O)NCCc2c[nH]c3ccccc23)CC1=O. The number of para-hydroxylation sites is 1. The van der Waals surface area contributed by atoms with E-state index in [1.54, 1.807) is 30.2 Å². The van der Waals surface area contributed by atoms with Gasteiger partial charge in [-0.3, -0.25) is 9.59 Å². The number of aromatic amines is 1. The summed E-state index contributed by atoms with van der Waals surface area (Å²) in [6, 6.07) is 13.2. The highest BCUT2D eigenvalue weighted by atomic mass is 35.5. The predicted octanol–water partition coefficient (Wildman–Crippen LogP) is 3.54. The fraction of sp³-hybridized carbons (Fsp3) is 0.273. The van der Waals surface area contributed by atoms with Crippen LogP contribution >= 0.6 is 11.6 Å². The van der Waals surface area contributed by atoms with Crippen LogP contribution in [0.5, 0.6) is 5.75 Å². The number of methoxy groups -OCH3 is 1. The molecule has 4 rings (SSSR count). The lowest BCUT2D eigenvalue weighted by Gasteiger charge is -2.19. The zero-order chi connectivity index (χ0) is 20.4. The number of halogens is 1. The van der Waals surface area contributed by atoms with Crippen molar-refractivity contribution in [3.8, 4) is 5.75 Å². The van der Waals surface area contributed by atoms with E-state index in [9.17, 15) is 9.59 Å². The number of benzene rings is 2. The third-order valence-corrected chi connectivity index (χ3v) is 5.53. The Kier molecular flexibility index (Phi) is 5.45. The van der Waals surface area contributed by atoms with Crippen molar-refractivity contribution in [2.75, 3.05) is 25.1 Å². The van der Waals surface area contributed by atoms with Crippen LogP contribution in [-0.4, -0.2) is 37.0 Å². The van der Waals surface area contributed by atoms with Crippen LogP contribution in [0.1, 0.15) is 12.0 Å². The number of carbonyl (C=O) groups is 2. The van der Waals surface area contributed by atoms with Crippen molar-refractivity contribution < 1.29 is 14.3 Å². The number of aromatic nitrogens is 1. The highest BCUT2D eigenvalue weighted by molar-refractivity contribution is 6.31. The summed E-state index contributed by atoms with van der Waals surface area (Å²) in [5.41, 5.74) is 2.84. The third-order valence-electron chi connectivity index (χ3n) is 5.30. The van der Waals surface area contributed by atoms with Crippen LogP contribution in [-0.2, 0) is 16.0 Å². The van der Waals surface area contributed by atoms with Gasteiger partial charge in [-0.15, -0.1) is 0 Å². The maximum absolute atomic E-state index is 12.6. The molecule has 3 aromatic rings. The average molecular weight is 412 g/mol. The summed E-state index contributed by atoms with van der Waals surface area (Å²) in [7, 11) is 1.54. The molecule has 2 heterocycles. The number of anilines is 1. The Labute approximate surface area is 173 Å². The number of fused-ring (bicyclic) bond motifs is 1. The molecule has 1 aromatic heterocycles. The molecule has 2 amide bonds. The predicted molar refractivity (Wildman–Crippen MR) is 113 cm³/mol. The van der Waals surface area contributed by atoms with Crippen molar-refractivity contribution in [1.29, 1.82) is 0 Å². The van der Waals surface area contributed by atoms with Gasteiger partial charge in [0, 0.05) is 41.6 Å². The van der Waals surface area contributed by atoms with Gasteiger partial charge in [-0.1, -0.05) is 29.8 Å². The van der Waals surface area contributed by atoms with E-state index in [1.165, 1.54) is 0 Å². The lowest BCUT2D eigenvalue weighted by Crippen LogP contribution is -2.34. The summed E-state index contributed by atoms with van der Waals surface area (Å²) in [6.45, 7) is 0.834. The van der Waals surface area contributed by atoms with Crippen LogP contribution in [0.3, 0.4) is 0 Å². The van der Waals surface area contributed by atoms with Gasteiger partial charge in [0.25, 0.3) is 0 Å². The van der Waals surface area contributed by atoms with E-state index in [-0.39, 0.29) is 18.2 Å². The second kappa shape index (κ2) is 8.17. The van der Waals surface area contributed by atoms with E-state index in [1.807, 2.05) is 24.4 Å². The Morgan fingerprint density at radius 2 is 2.14 bits per heavy atom. The van der Waals surface area contributed by atoms with Gasteiger partial charge in [0.1, 0.15) is 5.75 Å². The summed E-state index contributed by atoms with van der Waals surface area (Å²) in [5, 5.41) is 4.65. The lowest BCUT2D eigenvalue weighted by molar-refractivity contribution is -0.126. The first-order valence-electron chi connectivity index (χ1n) is 9.53. The number of amides is 2. The van der Waals surface area contributed by atoms with E-state index in [2.05, 4.69) is 16.4 Å².